The van der Waals surface area contributed by atoms with E-state index in [0.29, 0.717) is 43.9 Å². The molecular weight excluding hydrogens is 360 g/mol. The number of piperidine rings is 1. The van der Waals surface area contributed by atoms with Crippen LogP contribution in [-0.2, 0) is 11.3 Å². The average Bonchev–Trinajstić information content (AvgIpc) is 2.75. The molecule has 0 spiro atoms. The standard InChI is InChI=1S/C21H24N2O5/c1-27-17-7-8-18(19(24)13-17)20(25)16-9-11-23(12-10-16)21(22-26)28-14-15-5-3-2-4-6-15/h2-8,13,16,24,26H,9-12,14H2,1H3/b22-21-. The number of benzene rings is 2. The van der Waals surface area contributed by atoms with Crippen molar-refractivity contribution in [2.75, 3.05) is 20.2 Å². The fourth-order valence-electron chi connectivity index (χ4n) is 3.31. The molecule has 1 fully saturated rings. The zero-order valence-corrected chi connectivity index (χ0v) is 15.7. The molecule has 1 aliphatic heterocycles. The Morgan fingerprint density at radius 2 is 1.89 bits per heavy atom. The van der Waals surface area contributed by atoms with Crippen molar-refractivity contribution in [2.24, 2.45) is 11.1 Å². The number of nitrogens with zero attached hydrogens (tertiary/aromatic N) is 2. The fourth-order valence-corrected chi connectivity index (χ4v) is 3.31. The summed E-state index contributed by atoms with van der Waals surface area (Å²) in [6.45, 7) is 1.36. The van der Waals surface area contributed by atoms with Crippen LogP contribution in [0.25, 0.3) is 0 Å². The third kappa shape index (κ3) is 4.54. The summed E-state index contributed by atoms with van der Waals surface area (Å²) in [7, 11) is 1.51. The Morgan fingerprint density at radius 3 is 2.50 bits per heavy atom. The lowest BCUT2D eigenvalue weighted by Crippen LogP contribution is -2.41. The normalized spacial score (nSPS) is 15.3. The predicted molar refractivity (Wildman–Crippen MR) is 104 cm³/mol. The quantitative estimate of drug-likeness (QED) is 0.270. The number of hydrogen-bond donors (Lipinski definition) is 2. The Bertz CT molecular complexity index is 830. The molecule has 3 rings (SSSR count). The predicted octanol–water partition coefficient (Wildman–Crippen LogP) is 3.26. The van der Waals surface area contributed by atoms with E-state index >= 15 is 0 Å². The van der Waals surface area contributed by atoms with Gasteiger partial charge in [-0.2, -0.15) is 0 Å². The first kappa shape index (κ1) is 19.5. The number of hydrogen-bond acceptors (Lipinski definition) is 6. The van der Waals surface area contributed by atoms with Crippen molar-refractivity contribution in [2.45, 2.75) is 19.4 Å². The molecule has 0 radical (unpaired) electrons. The number of rotatable bonds is 5. The minimum absolute atomic E-state index is 0.0735. The number of aromatic hydroxyl groups is 1. The Kier molecular flexibility index (Phi) is 6.37. The largest absolute Gasteiger partial charge is 0.507 e. The van der Waals surface area contributed by atoms with Gasteiger partial charge < -0.3 is 24.7 Å². The van der Waals surface area contributed by atoms with Gasteiger partial charge in [0, 0.05) is 25.1 Å². The van der Waals surface area contributed by atoms with Crippen molar-refractivity contribution in [3.8, 4) is 11.5 Å². The van der Waals surface area contributed by atoms with E-state index in [4.69, 9.17) is 9.47 Å². The summed E-state index contributed by atoms with van der Waals surface area (Å²) in [4.78, 5) is 14.6. The van der Waals surface area contributed by atoms with E-state index in [-0.39, 0.29) is 23.5 Å². The molecular formula is C21H24N2O5. The highest BCUT2D eigenvalue weighted by molar-refractivity contribution is 6.00. The topological polar surface area (TPSA) is 91.6 Å². The summed E-state index contributed by atoms with van der Waals surface area (Å²) in [5.74, 6) is 0.135. The van der Waals surface area contributed by atoms with Crippen LogP contribution in [0.4, 0.5) is 0 Å². The summed E-state index contributed by atoms with van der Waals surface area (Å²) < 4.78 is 10.7. The summed E-state index contributed by atoms with van der Waals surface area (Å²) in [5.41, 5.74) is 1.28. The highest BCUT2D eigenvalue weighted by Gasteiger charge is 2.29. The van der Waals surface area contributed by atoms with Gasteiger partial charge in [-0.3, -0.25) is 4.79 Å². The van der Waals surface area contributed by atoms with Crippen LogP contribution in [0.2, 0.25) is 0 Å². The SMILES string of the molecule is COc1ccc(C(=O)C2CCN(/C(=N/O)OCc3ccccc3)CC2)c(O)c1. The zero-order chi connectivity index (χ0) is 19.9. The van der Waals surface area contributed by atoms with Gasteiger partial charge in [0.1, 0.15) is 18.1 Å². The number of amidine groups is 1. The molecule has 0 saturated carbocycles. The fraction of sp³-hybridized carbons (Fsp3) is 0.333. The van der Waals surface area contributed by atoms with Crippen LogP contribution in [-0.4, -0.2) is 47.2 Å². The average molecular weight is 384 g/mol. The highest BCUT2D eigenvalue weighted by atomic mass is 16.5. The molecule has 1 aliphatic rings. The third-order valence-corrected chi connectivity index (χ3v) is 4.90. The highest BCUT2D eigenvalue weighted by Crippen LogP contribution is 2.29. The molecule has 0 aliphatic carbocycles. The van der Waals surface area contributed by atoms with E-state index in [9.17, 15) is 15.1 Å². The van der Waals surface area contributed by atoms with Crippen LogP contribution in [0.15, 0.2) is 53.7 Å². The van der Waals surface area contributed by atoms with Gasteiger partial charge in [-0.05, 0) is 35.7 Å². The molecule has 2 aromatic carbocycles. The lowest BCUT2D eigenvalue weighted by Gasteiger charge is -2.32. The van der Waals surface area contributed by atoms with Crippen molar-refractivity contribution in [3.05, 3.63) is 59.7 Å². The third-order valence-electron chi connectivity index (χ3n) is 4.90. The lowest BCUT2D eigenvalue weighted by molar-refractivity contribution is 0.0849. The monoisotopic (exact) mass is 384 g/mol. The van der Waals surface area contributed by atoms with Crippen LogP contribution in [0.1, 0.15) is 28.8 Å². The number of likely N-dealkylation sites (tertiary alicyclic amines) is 1. The van der Waals surface area contributed by atoms with Crippen LogP contribution in [0.3, 0.4) is 0 Å². The molecule has 7 heteroatoms. The van der Waals surface area contributed by atoms with Crippen molar-refractivity contribution < 1.29 is 24.6 Å². The number of Topliss-reactive ketones (excluding diaryl/α,β-unsaturated/α-hetero) is 1. The molecule has 0 aromatic heterocycles. The summed E-state index contributed by atoms with van der Waals surface area (Å²) in [6.07, 6.45) is 1.16. The maximum absolute atomic E-state index is 12.7. The number of phenolic OH excluding ortho intramolecular Hbond substituents is 1. The molecule has 1 saturated heterocycles. The molecule has 148 valence electrons. The van der Waals surface area contributed by atoms with Gasteiger partial charge in [-0.15, -0.1) is 0 Å². The first-order chi connectivity index (χ1) is 13.6. The molecule has 28 heavy (non-hydrogen) atoms. The van der Waals surface area contributed by atoms with E-state index < -0.39 is 0 Å². The Morgan fingerprint density at radius 1 is 1.18 bits per heavy atom. The molecule has 0 unspecified atom stereocenters. The van der Waals surface area contributed by atoms with Crippen molar-refractivity contribution in [3.63, 3.8) is 0 Å². The molecule has 2 aromatic rings. The minimum atomic E-state index is -0.204. The van der Waals surface area contributed by atoms with Gasteiger partial charge in [-0.25, -0.2) is 0 Å². The molecule has 0 bridgehead atoms. The number of carbonyl (C=O) groups excluding carboxylic acids is 1. The first-order valence-electron chi connectivity index (χ1n) is 9.17. The Labute approximate surface area is 163 Å². The molecule has 0 amide bonds. The van der Waals surface area contributed by atoms with Crippen LogP contribution in [0.5, 0.6) is 11.5 Å². The van der Waals surface area contributed by atoms with Gasteiger partial charge in [0.2, 0.25) is 0 Å². The van der Waals surface area contributed by atoms with Crippen molar-refractivity contribution in [1.82, 2.24) is 4.90 Å². The number of phenols is 1. The summed E-state index contributed by atoms with van der Waals surface area (Å²) >= 11 is 0. The molecule has 2 N–H and O–H groups in total. The number of ketones is 1. The van der Waals surface area contributed by atoms with Gasteiger partial charge in [0.25, 0.3) is 0 Å². The second-order valence-corrected chi connectivity index (χ2v) is 6.67. The van der Waals surface area contributed by atoms with Gasteiger partial charge in [0.05, 0.1) is 12.7 Å². The van der Waals surface area contributed by atoms with Crippen LogP contribution < -0.4 is 4.74 Å². The lowest BCUT2D eigenvalue weighted by atomic mass is 9.88. The number of oxime groups is 1. The maximum Gasteiger partial charge on any atom is 0.326 e. The second kappa shape index (κ2) is 9.12. The van der Waals surface area contributed by atoms with Crippen molar-refractivity contribution in [1.29, 1.82) is 0 Å². The number of carbonyl (C=O) groups is 1. The van der Waals surface area contributed by atoms with Gasteiger partial charge in [-0.1, -0.05) is 30.3 Å². The van der Waals surface area contributed by atoms with E-state index in [2.05, 4.69) is 5.16 Å². The van der Waals surface area contributed by atoms with E-state index in [1.54, 1.807) is 12.1 Å². The smallest absolute Gasteiger partial charge is 0.326 e. The summed E-state index contributed by atoms with van der Waals surface area (Å²) in [5, 5.41) is 22.7. The Hall–Kier alpha value is -3.22. The minimum Gasteiger partial charge on any atom is -0.507 e. The molecule has 0 atom stereocenters. The van der Waals surface area contributed by atoms with Gasteiger partial charge in [0.15, 0.2) is 5.78 Å². The maximum atomic E-state index is 12.7. The second-order valence-electron chi connectivity index (χ2n) is 6.67. The van der Waals surface area contributed by atoms with Crippen molar-refractivity contribution >= 4 is 11.8 Å². The number of methoxy groups -OCH3 is 1. The first-order valence-corrected chi connectivity index (χ1v) is 9.17. The van der Waals surface area contributed by atoms with Crippen LogP contribution >= 0.6 is 0 Å². The Balaban J connectivity index is 1.56. The number of ether oxygens (including phenoxy) is 2. The van der Waals surface area contributed by atoms with E-state index in [1.807, 2.05) is 35.2 Å². The molecule has 7 nitrogen and oxygen atoms in total. The zero-order valence-electron chi connectivity index (χ0n) is 15.7. The van der Waals surface area contributed by atoms with E-state index in [0.717, 1.165) is 5.56 Å². The summed E-state index contributed by atoms with van der Waals surface area (Å²) in [6, 6.07) is 14.5. The van der Waals surface area contributed by atoms with Gasteiger partial charge >= 0.3 is 6.02 Å². The van der Waals surface area contributed by atoms with Crippen LogP contribution in [0, 0.1) is 5.92 Å². The van der Waals surface area contributed by atoms with E-state index in [1.165, 1.54) is 13.2 Å². The molecule has 1 heterocycles.